The van der Waals surface area contributed by atoms with E-state index in [-0.39, 0.29) is 24.9 Å². The number of para-hydroxylation sites is 1. The van der Waals surface area contributed by atoms with Crippen molar-refractivity contribution < 1.29 is 19.1 Å². The molecule has 0 bridgehead atoms. The van der Waals surface area contributed by atoms with Crippen LogP contribution in [0.1, 0.15) is 23.6 Å². The zero-order valence-corrected chi connectivity index (χ0v) is 15.8. The summed E-state index contributed by atoms with van der Waals surface area (Å²) in [5.74, 6) is 0.627. The Morgan fingerprint density at radius 3 is 2.76 bits per heavy atom. The van der Waals surface area contributed by atoms with E-state index in [1.165, 1.54) is 7.11 Å². The van der Waals surface area contributed by atoms with E-state index in [0.717, 1.165) is 16.9 Å². The van der Waals surface area contributed by atoms with Crippen molar-refractivity contribution in [3.8, 4) is 17.2 Å². The molecule has 4 rings (SSSR count). The SMILES string of the molecule is COc1cc(C2CC(=O)Nc3c2ncn3-c2ccccc2)ccc1OCC(N)=O. The van der Waals surface area contributed by atoms with Crippen LogP contribution in [0.5, 0.6) is 11.5 Å². The molecule has 8 heteroatoms. The third-order valence-corrected chi connectivity index (χ3v) is 4.77. The quantitative estimate of drug-likeness (QED) is 0.669. The Bertz CT molecular complexity index is 1060. The monoisotopic (exact) mass is 392 g/mol. The number of hydrogen-bond acceptors (Lipinski definition) is 5. The van der Waals surface area contributed by atoms with Crippen LogP contribution in [-0.4, -0.2) is 35.1 Å². The predicted molar refractivity (Wildman–Crippen MR) is 106 cm³/mol. The maximum Gasteiger partial charge on any atom is 0.255 e. The number of nitrogens with two attached hydrogens (primary N) is 1. The van der Waals surface area contributed by atoms with Crippen molar-refractivity contribution in [1.82, 2.24) is 9.55 Å². The molecule has 2 amide bonds. The summed E-state index contributed by atoms with van der Waals surface area (Å²) in [6.45, 7) is -0.243. The van der Waals surface area contributed by atoms with Gasteiger partial charge >= 0.3 is 0 Å². The van der Waals surface area contributed by atoms with Crippen LogP contribution in [-0.2, 0) is 9.59 Å². The maximum absolute atomic E-state index is 12.4. The van der Waals surface area contributed by atoms with Crippen molar-refractivity contribution in [1.29, 1.82) is 0 Å². The van der Waals surface area contributed by atoms with Crippen LogP contribution < -0.4 is 20.5 Å². The Balaban J connectivity index is 1.71. The molecule has 0 aliphatic carbocycles. The highest BCUT2D eigenvalue weighted by Gasteiger charge is 2.31. The van der Waals surface area contributed by atoms with Crippen LogP contribution in [0.2, 0.25) is 0 Å². The lowest BCUT2D eigenvalue weighted by Gasteiger charge is -2.24. The number of aromatic nitrogens is 2. The summed E-state index contributed by atoms with van der Waals surface area (Å²) in [5, 5.41) is 2.93. The van der Waals surface area contributed by atoms with Gasteiger partial charge in [0.2, 0.25) is 5.91 Å². The number of anilines is 1. The fourth-order valence-corrected chi connectivity index (χ4v) is 3.44. The molecule has 2 aromatic carbocycles. The number of nitrogens with zero attached hydrogens (tertiary/aromatic N) is 2. The van der Waals surface area contributed by atoms with Gasteiger partial charge in [0, 0.05) is 18.0 Å². The van der Waals surface area contributed by atoms with E-state index in [1.807, 2.05) is 41.0 Å². The number of imidazole rings is 1. The normalized spacial score (nSPS) is 15.3. The van der Waals surface area contributed by atoms with Gasteiger partial charge in [0.15, 0.2) is 18.1 Å². The fourth-order valence-electron chi connectivity index (χ4n) is 3.44. The molecule has 0 radical (unpaired) electrons. The van der Waals surface area contributed by atoms with Gasteiger partial charge in [0.25, 0.3) is 5.91 Å². The average Bonchev–Trinajstić information content (AvgIpc) is 3.15. The Labute approximate surface area is 167 Å². The van der Waals surface area contributed by atoms with Gasteiger partial charge in [-0.2, -0.15) is 0 Å². The van der Waals surface area contributed by atoms with Crippen molar-refractivity contribution >= 4 is 17.6 Å². The number of carbonyl (C=O) groups excluding carboxylic acids is 2. The highest BCUT2D eigenvalue weighted by molar-refractivity contribution is 5.94. The summed E-state index contributed by atoms with van der Waals surface area (Å²) in [5.41, 5.74) is 7.69. The molecule has 29 heavy (non-hydrogen) atoms. The number of amides is 2. The molecule has 0 fully saturated rings. The largest absolute Gasteiger partial charge is 0.493 e. The molecule has 1 aliphatic heterocycles. The molecule has 1 atom stereocenters. The molecule has 2 heterocycles. The van der Waals surface area contributed by atoms with Crippen molar-refractivity contribution in [3.63, 3.8) is 0 Å². The number of primary amides is 1. The highest BCUT2D eigenvalue weighted by Crippen LogP contribution is 2.40. The number of methoxy groups -OCH3 is 1. The summed E-state index contributed by atoms with van der Waals surface area (Å²) in [4.78, 5) is 28.0. The Kier molecular flexibility index (Phi) is 4.90. The van der Waals surface area contributed by atoms with Crippen LogP contribution in [0.15, 0.2) is 54.9 Å². The smallest absolute Gasteiger partial charge is 0.255 e. The van der Waals surface area contributed by atoms with Crippen LogP contribution in [0.3, 0.4) is 0 Å². The van der Waals surface area contributed by atoms with Crippen LogP contribution in [0.25, 0.3) is 5.69 Å². The summed E-state index contributed by atoms with van der Waals surface area (Å²) in [6, 6.07) is 15.0. The van der Waals surface area contributed by atoms with E-state index in [9.17, 15) is 9.59 Å². The molecule has 3 N–H and O–H groups in total. The van der Waals surface area contributed by atoms with Gasteiger partial charge in [0.05, 0.1) is 12.8 Å². The predicted octanol–water partition coefficient (Wildman–Crippen LogP) is 2.22. The molecule has 1 aromatic heterocycles. The number of hydrogen-bond donors (Lipinski definition) is 2. The summed E-state index contributed by atoms with van der Waals surface area (Å²) >= 11 is 0. The number of benzene rings is 2. The molecule has 0 spiro atoms. The second-order valence-electron chi connectivity index (χ2n) is 6.65. The van der Waals surface area contributed by atoms with Gasteiger partial charge in [-0.1, -0.05) is 24.3 Å². The Morgan fingerprint density at radius 2 is 2.03 bits per heavy atom. The molecule has 1 aliphatic rings. The van der Waals surface area contributed by atoms with E-state index in [4.69, 9.17) is 15.2 Å². The third kappa shape index (κ3) is 3.64. The fraction of sp³-hybridized carbons (Fsp3) is 0.190. The number of carbonyl (C=O) groups is 2. The number of nitrogens with one attached hydrogen (secondary N) is 1. The molecule has 1 unspecified atom stereocenters. The number of ether oxygens (including phenoxy) is 2. The van der Waals surface area contributed by atoms with E-state index in [0.29, 0.717) is 17.3 Å². The first-order valence-electron chi connectivity index (χ1n) is 9.08. The van der Waals surface area contributed by atoms with Gasteiger partial charge in [-0.05, 0) is 29.8 Å². The van der Waals surface area contributed by atoms with E-state index in [2.05, 4.69) is 10.3 Å². The van der Waals surface area contributed by atoms with Crippen LogP contribution in [0.4, 0.5) is 5.82 Å². The second-order valence-corrected chi connectivity index (χ2v) is 6.65. The van der Waals surface area contributed by atoms with Gasteiger partial charge in [-0.25, -0.2) is 4.98 Å². The molecular formula is C21H20N4O4. The van der Waals surface area contributed by atoms with Crippen molar-refractivity contribution in [2.45, 2.75) is 12.3 Å². The first-order chi connectivity index (χ1) is 14.1. The summed E-state index contributed by atoms with van der Waals surface area (Å²) in [6.07, 6.45) is 1.98. The zero-order chi connectivity index (χ0) is 20.4. The second kappa shape index (κ2) is 7.67. The van der Waals surface area contributed by atoms with Crippen molar-refractivity contribution in [2.24, 2.45) is 5.73 Å². The molecule has 8 nitrogen and oxygen atoms in total. The summed E-state index contributed by atoms with van der Waals surface area (Å²) in [7, 11) is 1.51. The average molecular weight is 392 g/mol. The highest BCUT2D eigenvalue weighted by atomic mass is 16.5. The van der Waals surface area contributed by atoms with Gasteiger partial charge in [-0.3, -0.25) is 14.2 Å². The lowest BCUT2D eigenvalue weighted by atomic mass is 9.89. The van der Waals surface area contributed by atoms with Crippen molar-refractivity contribution in [3.05, 3.63) is 66.1 Å². The Morgan fingerprint density at radius 1 is 1.24 bits per heavy atom. The lowest BCUT2D eigenvalue weighted by Crippen LogP contribution is -2.25. The lowest BCUT2D eigenvalue weighted by molar-refractivity contribution is -0.120. The zero-order valence-electron chi connectivity index (χ0n) is 15.8. The van der Waals surface area contributed by atoms with Crippen LogP contribution in [0, 0.1) is 0 Å². The molecule has 148 valence electrons. The summed E-state index contributed by atoms with van der Waals surface area (Å²) < 4.78 is 12.6. The molecule has 0 saturated heterocycles. The molecular weight excluding hydrogens is 372 g/mol. The van der Waals surface area contributed by atoms with Gasteiger partial charge < -0.3 is 20.5 Å². The van der Waals surface area contributed by atoms with Crippen molar-refractivity contribution in [2.75, 3.05) is 19.0 Å². The minimum Gasteiger partial charge on any atom is -0.493 e. The Hall–Kier alpha value is -3.81. The molecule has 0 saturated carbocycles. The maximum atomic E-state index is 12.4. The minimum absolute atomic E-state index is 0.0896. The topological polar surface area (TPSA) is 108 Å². The number of rotatable bonds is 6. The van der Waals surface area contributed by atoms with Gasteiger partial charge in [0.1, 0.15) is 12.1 Å². The first-order valence-corrected chi connectivity index (χ1v) is 9.08. The molecule has 3 aromatic rings. The van der Waals surface area contributed by atoms with E-state index in [1.54, 1.807) is 18.5 Å². The first kappa shape index (κ1) is 18.5. The minimum atomic E-state index is -0.573. The van der Waals surface area contributed by atoms with Gasteiger partial charge in [-0.15, -0.1) is 0 Å². The third-order valence-electron chi connectivity index (χ3n) is 4.77. The number of fused-ring (bicyclic) bond motifs is 1. The standard InChI is InChI=1S/C21H20N4O4/c1-28-17-9-13(7-8-16(17)29-11-18(22)26)15-10-19(27)24-21-20(15)23-12-25(21)14-5-3-2-4-6-14/h2-9,12,15H,10-11H2,1H3,(H2,22,26)(H,24,27). The van der Waals surface area contributed by atoms with E-state index < -0.39 is 5.91 Å². The van der Waals surface area contributed by atoms with E-state index >= 15 is 0 Å². The van der Waals surface area contributed by atoms with Crippen LogP contribution >= 0.6 is 0 Å².